The zero-order valence-corrected chi connectivity index (χ0v) is 19.9. The van der Waals surface area contributed by atoms with Crippen molar-refractivity contribution >= 4 is 22.8 Å². The molecule has 8 nitrogen and oxygen atoms in total. The molecule has 0 atom stereocenters. The van der Waals surface area contributed by atoms with Crippen LogP contribution in [0.15, 0.2) is 35.3 Å². The van der Waals surface area contributed by atoms with E-state index >= 15 is 0 Å². The second-order valence-electron chi connectivity index (χ2n) is 10.1. The first-order valence-electron chi connectivity index (χ1n) is 10.6. The van der Waals surface area contributed by atoms with E-state index < -0.39 is 11.7 Å². The van der Waals surface area contributed by atoms with Gasteiger partial charge in [0.25, 0.3) is 5.56 Å². The Labute approximate surface area is 188 Å². The average Bonchev–Trinajstić information content (AvgIpc) is 3.01. The van der Waals surface area contributed by atoms with Gasteiger partial charge in [0.1, 0.15) is 17.2 Å². The summed E-state index contributed by atoms with van der Waals surface area (Å²) in [5.41, 5.74) is 7.07. The summed E-state index contributed by atoms with van der Waals surface area (Å²) in [6.07, 6.45) is 1.78. The third-order valence-electron chi connectivity index (χ3n) is 4.78. The number of hydrogen-bond acceptors (Lipinski definition) is 6. The van der Waals surface area contributed by atoms with Crippen LogP contribution in [0, 0.1) is 5.41 Å². The lowest BCUT2D eigenvalue weighted by Gasteiger charge is -2.21. The Kier molecular flexibility index (Phi) is 6.09. The van der Waals surface area contributed by atoms with Crippen LogP contribution in [0.1, 0.15) is 52.9 Å². The van der Waals surface area contributed by atoms with Gasteiger partial charge in [-0.3, -0.25) is 4.79 Å². The van der Waals surface area contributed by atoms with Crippen LogP contribution in [0.25, 0.3) is 11.0 Å². The molecular weight excluding hydrogens is 408 g/mol. The van der Waals surface area contributed by atoms with Gasteiger partial charge >= 0.3 is 6.09 Å². The topological polar surface area (TPSA) is 101 Å². The van der Waals surface area contributed by atoms with Crippen LogP contribution in [0.3, 0.4) is 0 Å². The summed E-state index contributed by atoms with van der Waals surface area (Å²) in [5, 5.41) is 0. The van der Waals surface area contributed by atoms with Crippen LogP contribution in [0.4, 0.5) is 10.5 Å². The number of ether oxygens (including phenoxy) is 2. The predicted molar refractivity (Wildman–Crippen MR) is 125 cm³/mol. The zero-order valence-electron chi connectivity index (χ0n) is 19.9. The maximum atomic E-state index is 13.2. The summed E-state index contributed by atoms with van der Waals surface area (Å²) < 4.78 is 14.0. The summed E-state index contributed by atoms with van der Waals surface area (Å²) in [4.78, 5) is 30.6. The van der Waals surface area contributed by atoms with E-state index in [4.69, 9.17) is 20.2 Å². The van der Waals surface area contributed by atoms with Crippen molar-refractivity contribution in [3.05, 3.63) is 52.2 Å². The van der Waals surface area contributed by atoms with Gasteiger partial charge in [0.2, 0.25) is 0 Å². The number of rotatable bonds is 4. The molecule has 0 amide bonds. The normalized spacial score (nSPS) is 12.2. The number of carbonyl (C=O) groups is 1. The molecule has 32 heavy (non-hydrogen) atoms. The minimum absolute atomic E-state index is 0.0139. The van der Waals surface area contributed by atoms with Crippen molar-refractivity contribution in [3.8, 4) is 5.75 Å². The third-order valence-corrected chi connectivity index (χ3v) is 4.78. The van der Waals surface area contributed by atoms with Crippen molar-refractivity contribution in [2.24, 2.45) is 5.41 Å². The van der Waals surface area contributed by atoms with Gasteiger partial charge in [-0.1, -0.05) is 20.8 Å². The Bertz CT molecular complexity index is 1210. The number of methoxy groups -OCH3 is 1. The van der Waals surface area contributed by atoms with E-state index in [2.05, 4.69) is 20.8 Å². The molecule has 3 aromatic rings. The maximum Gasteiger partial charge on any atom is 0.420 e. The summed E-state index contributed by atoms with van der Waals surface area (Å²) in [7, 11) is 1.59. The zero-order chi connectivity index (χ0) is 23.8. The number of nitrogens with zero attached hydrogens (tertiary/aromatic N) is 3. The Balaban J connectivity index is 2.27. The van der Waals surface area contributed by atoms with Crippen molar-refractivity contribution in [1.82, 2.24) is 14.1 Å². The Hall–Kier alpha value is -3.29. The highest BCUT2D eigenvalue weighted by Crippen LogP contribution is 2.32. The fraction of sp³-hybridized carbons (Fsp3) is 0.458. The molecule has 0 radical (unpaired) electrons. The number of aromatic nitrogens is 3. The van der Waals surface area contributed by atoms with E-state index in [1.165, 1.54) is 9.13 Å². The van der Waals surface area contributed by atoms with E-state index in [9.17, 15) is 9.59 Å². The van der Waals surface area contributed by atoms with Gasteiger partial charge in [0.15, 0.2) is 0 Å². The van der Waals surface area contributed by atoms with Gasteiger partial charge < -0.3 is 19.8 Å². The van der Waals surface area contributed by atoms with Crippen LogP contribution >= 0.6 is 0 Å². The molecule has 0 bridgehead atoms. The molecule has 0 saturated carbocycles. The smallest absolute Gasteiger partial charge is 0.420 e. The number of nitrogens with two attached hydrogens (primary N) is 1. The molecule has 2 aromatic heterocycles. The first-order chi connectivity index (χ1) is 14.8. The SMILES string of the molecule is COc1cc(CC(C)(C)C)c2nc(Cn3cccc(N)c3=O)n(C(=O)OC(C)(C)C)c2c1. The standard InChI is InChI=1S/C24H32N4O4/c1-23(2,3)13-15-11-16(31-7)12-18-20(15)26-19(28(18)22(30)32-24(4,5)6)14-27-10-8-9-17(25)21(27)29/h8-12H,13-14,25H2,1-7H3. The maximum absolute atomic E-state index is 13.2. The van der Waals surface area contributed by atoms with Crippen LogP contribution in [-0.4, -0.2) is 32.9 Å². The lowest BCUT2D eigenvalue weighted by atomic mass is 9.87. The average molecular weight is 441 g/mol. The van der Waals surface area contributed by atoms with Crippen LogP contribution in [-0.2, 0) is 17.7 Å². The molecule has 0 unspecified atom stereocenters. The molecule has 3 rings (SSSR count). The molecule has 0 saturated heterocycles. The second-order valence-corrected chi connectivity index (χ2v) is 10.1. The van der Waals surface area contributed by atoms with Gasteiger partial charge in [-0.15, -0.1) is 0 Å². The first kappa shape index (κ1) is 23.4. The Morgan fingerprint density at radius 3 is 2.44 bits per heavy atom. The summed E-state index contributed by atoms with van der Waals surface area (Å²) in [5.74, 6) is 1.000. The molecule has 0 aliphatic rings. The molecular formula is C24H32N4O4. The number of pyridine rings is 1. The van der Waals surface area contributed by atoms with Crippen molar-refractivity contribution < 1.29 is 14.3 Å². The summed E-state index contributed by atoms with van der Waals surface area (Å²) >= 11 is 0. The second kappa shape index (κ2) is 8.33. The van der Waals surface area contributed by atoms with Crippen molar-refractivity contribution in [3.63, 3.8) is 0 Å². The highest BCUT2D eigenvalue weighted by Gasteiger charge is 2.26. The van der Waals surface area contributed by atoms with Crippen molar-refractivity contribution in [2.45, 2.75) is 60.1 Å². The van der Waals surface area contributed by atoms with E-state index in [1.807, 2.05) is 6.07 Å². The Morgan fingerprint density at radius 1 is 1.16 bits per heavy atom. The molecule has 8 heteroatoms. The number of nitrogen functional groups attached to an aromatic ring is 1. The molecule has 172 valence electrons. The molecule has 2 N–H and O–H groups in total. The highest BCUT2D eigenvalue weighted by atomic mass is 16.6. The minimum Gasteiger partial charge on any atom is -0.497 e. The summed E-state index contributed by atoms with van der Waals surface area (Å²) in [6.45, 7) is 11.9. The molecule has 0 aliphatic carbocycles. The molecule has 0 fully saturated rings. The molecule has 0 aliphatic heterocycles. The predicted octanol–water partition coefficient (Wildman–Crippen LogP) is 4.21. The van der Waals surface area contributed by atoms with Gasteiger partial charge in [0.05, 0.1) is 30.4 Å². The van der Waals surface area contributed by atoms with Gasteiger partial charge in [-0.2, -0.15) is 0 Å². The van der Waals surface area contributed by atoms with Gasteiger partial charge in [0, 0.05) is 12.3 Å². The van der Waals surface area contributed by atoms with Crippen LogP contribution in [0.5, 0.6) is 5.75 Å². The first-order valence-corrected chi connectivity index (χ1v) is 10.6. The van der Waals surface area contributed by atoms with Crippen LogP contribution < -0.4 is 16.0 Å². The number of carbonyl (C=O) groups excluding carboxylic acids is 1. The van der Waals surface area contributed by atoms with Crippen molar-refractivity contribution in [2.75, 3.05) is 12.8 Å². The monoisotopic (exact) mass is 440 g/mol. The third kappa shape index (κ3) is 5.12. The number of benzene rings is 1. The minimum atomic E-state index is -0.702. The summed E-state index contributed by atoms with van der Waals surface area (Å²) in [6, 6.07) is 6.94. The lowest BCUT2D eigenvalue weighted by Crippen LogP contribution is -2.30. The van der Waals surface area contributed by atoms with E-state index in [0.29, 0.717) is 22.6 Å². The highest BCUT2D eigenvalue weighted by molar-refractivity contribution is 5.90. The molecule has 2 heterocycles. The fourth-order valence-corrected chi connectivity index (χ4v) is 3.54. The fourth-order valence-electron chi connectivity index (χ4n) is 3.54. The lowest BCUT2D eigenvalue weighted by molar-refractivity contribution is 0.0538. The van der Waals surface area contributed by atoms with E-state index in [0.717, 1.165) is 12.0 Å². The Morgan fingerprint density at radius 2 is 1.84 bits per heavy atom. The largest absolute Gasteiger partial charge is 0.497 e. The number of fused-ring (bicyclic) bond motifs is 1. The van der Waals surface area contributed by atoms with Crippen LogP contribution in [0.2, 0.25) is 0 Å². The quantitative estimate of drug-likeness (QED) is 0.652. The van der Waals surface area contributed by atoms with Gasteiger partial charge in [-0.25, -0.2) is 14.3 Å². The van der Waals surface area contributed by atoms with E-state index in [1.54, 1.807) is 52.3 Å². The number of hydrogen-bond donors (Lipinski definition) is 1. The van der Waals surface area contributed by atoms with Crippen molar-refractivity contribution in [1.29, 1.82) is 0 Å². The van der Waals surface area contributed by atoms with E-state index in [-0.39, 0.29) is 23.2 Å². The van der Waals surface area contributed by atoms with Gasteiger partial charge in [-0.05, 0) is 56.4 Å². The molecule has 1 aromatic carbocycles. The number of anilines is 1. The number of imidazole rings is 1. The molecule has 0 spiro atoms.